The quantitative estimate of drug-likeness (QED) is 0.508. The molecule has 4 N–H and O–H groups in total. The molecule has 0 saturated heterocycles. The third-order valence-corrected chi connectivity index (χ3v) is 4.05. The van der Waals surface area contributed by atoms with E-state index in [1.807, 2.05) is 24.3 Å². The van der Waals surface area contributed by atoms with Gasteiger partial charge in [0.1, 0.15) is 0 Å². The van der Waals surface area contributed by atoms with Crippen LogP contribution in [-0.2, 0) is 5.75 Å². The number of aromatic carboxylic acids is 1. The summed E-state index contributed by atoms with van der Waals surface area (Å²) in [7, 11) is 0. The molecule has 0 atom stereocenters. The van der Waals surface area contributed by atoms with E-state index in [0.717, 1.165) is 16.2 Å². The van der Waals surface area contributed by atoms with Crippen LogP contribution >= 0.6 is 11.8 Å². The molecule has 0 fully saturated rings. The number of nitrogens with zero attached hydrogens (tertiary/aromatic N) is 1. The summed E-state index contributed by atoms with van der Waals surface area (Å²) in [6, 6.07) is 12.9. The Balaban J connectivity index is 1.85. The van der Waals surface area contributed by atoms with Gasteiger partial charge in [-0.2, -0.15) is 0 Å². The smallest absolute Gasteiger partial charge is 0.338 e. The van der Waals surface area contributed by atoms with E-state index in [4.69, 9.17) is 5.73 Å². The third kappa shape index (κ3) is 2.71. The molecule has 0 aliphatic carbocycles. The molecular formula is C15H13N3O2S. The molecule has 0 aliphatic rings. The van der Waals surface area contributed by atoms with Crippen molar-refractivity contribution in [2.45, 2.75) is 10.9 Å². The number of rotatable bonds is 4. The monoisotopic (exact) mass is 299 g/mol. The van der Waals surface area contributed by atoms with Crippen LogP contribution in [0, 0.1) is 0 Å². The summed E-state index contributed by atoms with van der Waals surface area (Å²) in [6.07, 6.45) is 0. The maximum absolute atomic E-state index is 11.3. The highest BCUT2D eigenvalue weighted by Crippen LogP contribution is 2.26. The first-order chi connectivity index (χ1) is 10.1. The highest BCUT2D eigenvalue weighted by molar-refractivity contribution is 7.98. The Morgan fingerprint density at radius 2 is 2.05 bits per heavy atom. The number of nitrogens with two attached hydrogens (primary N) is 1. The number of nitrogen functional groups attached to an aromatic ring is 1. The van der Waals surface area contributed by atoms with Crippen molar-refractivity contribution in [1.82, 2.24) is 9.97 Å². The van der Waals surface area contributed by atoms with Gasteiger partial charge in [0.25, 0.3) is 0 Å². The summed E-state index contributed by atoms with van der Waals surface area (Å²) in [4.78, 5) is 18.9. The number of carboxylic acids is 1. The van der Waals surface area contributed by atoms with Crippen LogP contribution in [0.1, 0.15) is 15.9 Å². The second-order valence-corrected chi connectivity index (χ2v) is 5.50. The minimum atomic E-state index is -1.01. The molecule has 1 heterocycles. The van der Waals surface area contributed by atoms with E-state index in [1.165, 1.54) is 11.8 Å². The number of hydrogen-bond donors (Lipinski definition) is 3. The Kier molecular flexibility index (Phi) is 3.53. The van der Waals surface area contributed by atoms with Crippen molar-refractivity contribution in [2.75, 3.05) is 5.73 Å². The standard InChI is InChI=1S/C15H13N3O2S/c16-10-5-3-4-9(13(10)14(19)20)8-21-15-17-11-6-1-2-7-12(11)18-15/h1-7H,8,16H2,(H,17,18)(H,19,20). The maximum Gasteiger partial charge on any atom is 0.338 e. The number of aromatic nitrogens is 2. The van der Waals surface area contributed by atoms with Crippen molar-refractivity contribution in [2.24, 2.45) is 0 Å². The van der Waals surface area contributed by atoms with Crippen molar-refractivity contribution in [1.29, 1.82) is 0 Å². The molecule has 0 aliphatic heterocycles. The average Bonchev–Trinajstić information content (AvgIpc) is 2.87. The van der Waals surface area contributed by atoms with Gasteiger partial charge in [-0.25, -0.2) is 9.78 Å². The minimum absolute atomic E-state index is 0.168. The zero-order chi connectivity index (χ0) is 14.8. The molecular weight excluding hydrogens is 286 g/mol. The normalized spacial score (nSPS) is 10.9. The third-order valence-electron chi connectivity index (χ3n) is 3.13. The maximum atomic E-state index is 11.3. The van der Waals surface area contributed by atoms with E-state index >= 15 is 0 Å². The summed E-state index contributed by atoms with van der Waals surface area (Å²) in [5, 5.41) is 10.0. The number of hydrogen-bond acceptors (Lipinski definition) is 4. The molecule has 0 amide bonds. The fraction of sp³-hybridized carbons (Fsp3) is 0.0667. The van der Waals surface area contributed by atoms with Crippen LogP contribution < -0.4 is 5.73 Å². The van der Waals surface area contributed by atoms with Crippen LogP contribution in [0.15, 0.2) is 47.6 Å². The Labute approximate surface area is 125 Å². The van der Waals surface area contributed by atoms with Crippen molar-refractivity contribution < 1.29 is 9.90 Å². The van der Waals surface area contributed by atoms with E-state index < -0.39 is 5.97 Å². The molecule has 5 nitrogen and oxygen atoms in total. The molecule has 21 heavy (non-hydrogen) atoms. The van der Waals surface area contributed by atoms with Gasteiger partial charge < -0.3 is 15.8 Å². The zero-order valence-corrected chi connectivity index (χ0v) is 11.9. The van der Waals surface area contributed by atoms with Gasteiger partial charge >= 0.3 is 5.97 Å². The molecule has 0 radical (unpaired) electrons. The lowest BCUT2D eigenvalue weighted by Crippen LogP contribution is -2.06. The van der Waals surface area contributed by atoms with E-state index in [1.54, 1.807) is 18.2 Å². The first-order valence-corrected chi connectivity index (χ1v) is 7.32. The number of fused-ring (bicyclic) bond motifs is 1. The molecule has 6 heteroatoms. The predicted octanol–water partition coefficient (Wildman–Crippen LogP) is 3.14. The van der Waals surface area contributed by atoms with Crippen molar-refractivity contribution in [3.63, 3.8) is 0 Å². The number of imidazole rings is 1. The van der Waals surface area contributed by atoms with Crippen LogP contribution in [0.5, 0.6) is 0 Å². The Morgan fingerprint density at radius 1 is 1.24 bits per heavy atom. The van der Waals surface area contributed by atoms with Gasteiger partial charge in [0.2, 0.25) is 0 Å². The molecule has 3 rings (SSSR count). The summed E-state index contributed by atoms with van der Waals surface area (Å²) in [5.41, 5.74) is 8.74. The number of thioether (sulfide) groups is 1. The lowest BCUT2D eigenvalue weighted by atomic mass is 10.1. The number of carbonyl (C=O) groups is 1. The number of carboxylic acid groups (broad SMARTS) is 1. The number of aromatic amines is 1. The van der Waals surface area contributed by atoms with Gasteiger partial charge in [-0.15, -0.1) is 0 Å². The predicted molar refractivity (Wildman–Crippen MR) is 83.5 cm³/mol. The second-order valence-electron chi connectivity index (χ2n) is 4.53. The van der Waals surface area contributed by atoms with Crippen LogP contribution in [0.4, 0.5) is 5.69 Å². The van der Waals surface area contributed by atoms with Crippen LogP contribution in [0.2, 0.25) is 0 Å². The number of benzene rings is 2. The average molecular weight is 299 g/mol. The minimum Gasteiger partial charge on any atom is -0.478 e. The molecule has 0 saturated carbocycles. The Hall–Kier alpha value is -2.47. The highest BCUT2D eigenvalue weighted by atomic mass is 32.2. The summed E-state index contributed by atoms with van der Waals surface area (Å²) in [5.74, 6) is -0.514. The largest absolute Gasteiger partial charge is 0.478 e. The molecule has 0 bridgehead atoms. The topological polar surface area (TPSA) is 92.0 Å². The molecule has 1 aromatic heterocycles. The van der Waals surface area contributed by atoms with Crippen LogP contribution in [0.3, 0.4) is 0 Å². The zero-order valence-electron chi connectivity index (χ0n) is 11.0. The first kappa shape index (κ1) is 13.5. The molecule has 106 valence electrons. The Bertz CT molecular complexity index is 781. The number of H-pyrrole nitrogens is 1. The fourth-order valence-electron chi connectivity index (χ4n) is 2.14. The molecule has 0 spiro atoms. The number of nitrogens with one attached hydrogen (secondary N) is 1. The highest BCUT2D eigenvalue weighted by Gasteiger charge is 2.14. The summed E-state index contributed by atoms with van der Waals surface area (Å²) in [6.45, 7) is 0. The fourth-order valence-corrected chi connectivity index (χ4v) is 3.02. The van der Waals surface area contributed by atoms with Gasteiger partial charge in [-0.05, 0) is 23.8 Å². The van der Waals surface area contributed by atoms with Crippen LogP contribution in [-0.4, -0.2) is 21.0 Å². The van der Waals surface area contributed by atoms with E-state index in [9.17, 15) is 9.90 Å². The SMILES string of the molecule is Nc1cccc(CSc2nc3ccccc3[nH]2)c1C(=O)O. The summed E-state index contributed by atoms with van der Waals surface area (Å²) >= 11 is 1.45. The van der Waals surface area contributed by atoms with E-state index in [2.05, 4.69) is 9.97 Å². The second kappa shape index (κ2) is 5.49. The van der Waals surface area contributed by atoms with Gasteiger partial charge in [-0.3, -0.25) is 0 Å². The van der Waals surface area contributed by atoms with Gasteiger partial charge in [0, 0.05) is 11.4 Å². The first-order valence-electron chi connectivity index (χ1n) is 6.33. The van der Waals surface area contributed by atoms with Gasteiger partial charge in [-0.1, -0.05) is 36.0 Å². The Morgan fingerprint density at radius 3 is 2.81 bits per heavy atom. The summed E-state index contributed by atoms with van der Waals surface area (Å²) < 4.78 is 0. The lowest BCUT2D eigenvalue weighted by Gasteiger charge is -2.07. The van der Waals surface area contributed by atoms with E-state index in [0.29, 0.717) is 11.3 Å². The van der Waals surface area contributed by atoms with Crippen molar-refractivity contribution >= 4 is 34.5 Å². The van der Waals surface area contributed by atoms with Crippen molar-refractivity contribution in [3.8, 4) is 0 Å². The molecule has 2 aromatic carbocycles. The number of anilines is 1. The number of para-hydroxylation sites is 2. The molecule has 3 aromatic rings. The van der Waals surface area contributed by atoms with Gasteiger partial charge in [0.15, 0.2) is 5.16 Å². The molecule has 0 unspecified atom stereocenters. The lowest BCUT2D eigenvalue weighted by molar-refractivity contribution is 0.0697. The van der Waals surface area contributed by atoms with E-state index in [-0.39, 0.29) is 11.3 Å². The van der Waals surface area contributed by atoms with Crippen molar-refractivity contribution in [3.05, 3.63) is 53.6 Å². The van der Waals surface area contributed by atoms with Gasteiger partial charge in [0.05, 0.1) is 16.6 Å². The van der Waals surface area contributed by atoms with Crippen LogP contribution in [0.25, 0.3) is 11.0 Å².